The van der Waals surface area contributed by atoms with Crippen molar-refractivity contribution < 1.29 is 13.9 Å². The quantitative estimate of drug-likeness (QED) is 0.750. The van der Waals surface area contributed by atoms with Crippen LogP contribution in [0.15, 0.2) is 16.5 Å². The van der Waals surface area contributed by atoms with Crippen LogP contribution in [-0.4, -0.2) is 62.7 Å². The van der Waals surface area contributed by atoms with Crippen molar-refractivity contribution in [3.8, 4) is 0 Å². The summed E-state index contributed by atoms with van der Waals surface area (Å²) in [6, 6.07) is 3.13. The first kappa shape index (κ1) is 16.7. The van der Waals surface area contributed by atoms with E-state index in [1.807, 2.05) is 38.1 Å². The number of carbonyl (C=O) groups is 1. The van der Waals surface area contributed by atoms with E-state index in [1.54, 1.807) is 4.90 Å². The molecule has 20 heavy (non-hydrogen) atoms. The van der Waals surface area contributed by atoms with Gasteiger partial charge in [0.25, 0.3) is 0 Å². The fourth-order valence-electron chi connectivity index (χ4n) is 1.83. The van der Waals surface area contributed by atoms with E-state index in [-0.39, 0.29) is 12.5 Å². The Labute approximate surface area is 120 Å². The number of ether oxygens (including phenoxy) is 1. The molecule has 1 amide bonds. The lowest BCUT2D eigenvalue weighted by Crippen LogP contribution is -2.47. The number of nitrogens with two attached hydrogens (primary N) is 1. The van der Waals surface area contributed by atoms with Crippen molar-refractivity contribution in [3.63, 3.8) is 0 Å². The van der Waals surface area contributed by atoms with Crippen LogP contribution in [0.4, 0.5) is 0 Å². The summed E-state index contributed by atoms with van der Waals surface area (Å²) in [6.07, 6.45) is 0. The second kappa shape index (κ2) is 8.04. The van der Waals surface area contributed by atoms with Crippen LogP contribution in [0, 0.1) is 6.92 Å². The average Bonchev–Trinajstić information content (AvgIpc) is 2.79. The van der Waals surface area contributed by atoms with Crippen LogP contribution in [0.3, 0.4) is 0 Å². The van der Waals surface area contributed by atoms with Gasteiger partial charge in [-0.15, -0.1) is 0 Å². The van der Waals surface area contributed by atoms with Gasteiger partial charge in [-0.1, -0.05) is 0 Å². The van der Waals surface area contributed by atoms with Gasteiger partial charge in [0.1, 0.15) is 17.6 Å². The van der Waals surface area contributed by atoms with E-state index in [0.717, 1.165) is 18.1 Å². The highest BCUT2D eigenvalue weighted by molar-refractivity contribution is 5.81. The van der Waals surface area contributed by atoms with E-state index in [4.69, 9.17) is 14.9 Å². The van der Waals surface area contributed by atoms with Crippen LogP contribution in [-0.2, 0) is 16.1 Å². The Morgan fingerprint density at radius 1 is 1.40 bits per heavy atom. The maximum atomic E-state index is 12.3. The summed E-state index contributed by atoms with van der Waals surface area (Å²) in [7, 11) is 5.47. The van der Waals surface area contributed by atoms with Crippen molar-refractivity contribution in [2.24, 2.45) is 5.73 Å². The molecular formula is C14H25N3O3. The molecule has 0 saturated carbocycles. The van der Waals surface area contributed by atoms with E-state index in [9.17, 15) is 4.79 Å². The number of hydrogen-bond donors (Lipinski definition) is 1. The molecule has 0 fully saturated rings. The van der Waals surface area contributed by atoms with E-state index < -0.39 is 6.04 Å². The Balaban J connectivity index is 2.70. The van der Waals surface area contributed by atoms with Gasteiger partial charge in [-0.3, -0.25) is 4.79 Å². The number of furan rings is 1. The standard InChI is InChI=1S/C14H25N3O3/c1-11-5-6-12(20-11)9-17(8-7-16(2)3)14(18)13(15)10-19-4/h5-6,13H,7-10,15H2,1-4H3. The summed E-state index contributed by atoms with van der Waals surface area (Å²) in [6.45, 7) is 3.90. The highest BCUT2D eigenvalue weighted by Crippen LogP contribution is 2.10. The van der Waals surface area contributed by atoms with Gasteiger partial charge in [-0.05, 0) is 33.2 Å². The molecule has 6 nitrogen and oxygen atoms in total. The molecule has 1 rings (SSSR count). The van der Waals surface area contributed by atoms with Gasteiger partial charge in [0.05, 0.1) is 13.2 Å². The molecule has 1 aromatic rings. The van der Waals surface area contributed by atoms with Crippen molar-refractivity contribution in [1.29, 1.82) is 0 Å². The molecule has 0 saturated heterocycles. The van der Waals surface area contributed by atoms with Gasteiger partial charge >= 0.3 is 0 Å². The number of amides is 1. The minimum atomic E-state index is -0.641. The topological polar surface area (TPSA) is 71.9 Å². The molecule has 114 valence electrons. The summed E-state index contributed by atoms with van der Waals surface area (Å²) in [5, 5.41) is 0. The van der Waals surface area contributed by atoms with Gasteiger partial charge in [0, 0.05) is 20.2 Å². The predicted octanol–water partition coefficient (Wildman–Crippen LogP) is 0.452. The SMILES string of the molecule is COCC(N)C(=O)N(CCN(C)C)Cc1ccc(C)o1. The van der Waals surface area contributed by atoms with E-state index >= 15 is 0 Å². The highest BCUT2D eigenvalue weighted by Gasteiger charge is 2.22. The monoisotopic (exact) mass is 283 g/mol. The van der Waals surface area contributed by atoms with Gasteiger partial charge in [-0.2, -0.15) is 0 Å². The average molecular weight is 283 g/mol. The molecule has 1 unspecified atom stereocenters. The summed E-state index contributed by atoms with van der Waals surface area (Å²) in [5.41, 5.74) is 5.83. The zero-order valence-corrected chi connectivity index (χ0v) is 12.8. The number of likely N-dealkylation sites (N-methyl/N-ethyl adjacent to an activating group) is 1. The maximum Gasteiger partial charge on any atom is 0.242 e. The Morgan fingerprint density at radius 2 is 2.10 bits per heavy atom. The van der Waals surface area contributed by atoms with E-state index in [1.165, 1.54) is 7.11 Å². The largest absolute Gasteiger partial charge is 0.464 e. The third-order valence-corrected chi connectivity index (χ3v) is 2.93. The second-order valence-corrected chi connectivity index (χ2v) is 5.14. The smallest absolute Gasteiger partial charge is 0.242 e. The van der Waals surface area contributed by atoms with Crippen LogP contribution in [0.2, 0.25) is 0 Å². The van der Waals surface area contributed by atoms with E-state index in [0.29, 0.717) is 13.1 Å². The van der Waals surface area contributed by atoms with Crippen molar-refractivity contribution in [3.05, 3.63) is 23.7 Å². The second-order valence-electron chi connectivity index (χ2n) is 5.14. The molecule has 6 heteroatoms. The Hall–Kier alpha value is -1.37. The number of aryl methyl sites for hydroxylation is 1. The van der Waals surface area contributed by atoms with Gasteiger partial charge < -0.3 is 24.7 Å². The maximum absolute atomic E-state index is 12.3. The molecule has 0 aromatic carbocycles. The van der Waals surface area contributed by atoms with Gasteiger partial charge in [0.15, 0.2) is 0 Å². The molecule has 2 N–H and O–H groups in total. The lowest BCUT2D eigenvalue weighted by molar-refractivity contribution is -0.134. The third kappa shape index (κ3) is 5.32. The molecular weight excluding hydrogens is 258 g/mol. The number of methoxy groups -OCH3 is 1. The summed E-state index contributed by atoms with van der Waals surface area (Å²) < 4.78 is 10.5. The Morgan fingerprint density at radius 3 is 2.60 bits per heavy atom. The first-order valence-corrected chi connectivity index (χ1v) is 6.67. The van der Waals surface area contributed by atoms with Gasteiger partial charge in [0.2, 0.25) is 5.91 Å². The first-order valence-electron chi connectivity index (χ1n) is 6.67. The third-order valence-electron chi connectivity index (χ3n) is 2.93. The van der Waals surface area contributed by atoms with Crippen LogP contribution < -0.4 is 5.73 Å². The predicted molar refractivity (Wildman–Crippen MR) is 77.3 cm³/mol. The fraction of sp³-hybridized carbons (Fsp3) is 0.643. The molecule has 0 aliphatic heterocycles. The van der Waals surface area contributed by atoms with Crippen LogP contribution in [0.5, 0.6) is 0 Å². The number of nitrogens with zero attached hydrogens (tertiary/aromatic N) is 2. The molecule has 0 bridgehead atoms. The molecule has 0 aliphatic rings. The highest BCUT2D eigenvalue weighted by atomic mass is 16.5. The van der Waals surface area contributed by atoms with Crippen LogP contribution >= 0.6 is 0 Å². The lowest BCUT2D eigenvalue weighted by atomic mass is 10.2. The molecule has 1 atom stereocenters. The minimum Gasteiger partial charge on any atom is -0.464 e. The number of hydrogen-bond acceptors (Lipinski definition) is 5. The summed E-state index contributed by atoms with van der Waals surface area (Å²) in [4.78, 5) is 16.1. The van der Waals surface area contributed by atoms with Crippen LogP contribution in [0.1, 0.15) is 11.5 Å². The molecule has 1 aromatic heterocycles. The van der Waals surface area contributed by atoms with Crippen molar-refractivity contribution >= 4 is 5.91 Å². The molecule has 0 aliphatic carbocycles. The van der Waals surface area contributed by atoms with Gasteiger partial charge in [-0.25, -0.2) is 0 Å². The minimum absolute atomic E-state index is 0.122. The molecule has 0 radical (unpaired) electrons. The zero-order chi connectivity index (χ0) is 15.1. The normalized spacial score (nSPS) is 12.7. The summed E-state index contributed by atoms with van der Waals surface area (Å²) in [5.74, 6) is 1.48. The Bertz CT molecular complexity index is 418. The van der Waals surface area contributed by atoms with Crippen molar-refractivity contribution in [2.45, 2.75) is 19.5 Å². The van der Waals surface area contributed by atoms with Crippen molar-refractivity contribution in [2.75, 3.05) is 40.9 Å². The van der Waals surface area contributed by atoms with Crippen LogP contribution in [0.25, 0.3) is 0 Å². The van der Waals surface area contributed by atoms with Crippen molar-refractivity contribution in [1.82, 2.24) is 9.80 Å². The lowest BCUT2D eigenvalue weighted by Gasteiger charge is -2.26. The summed E-state index contributed by atoms with van der Waals surface area (Å²) >= 11 is 0. The molecule has 1 heterocycles. The fourth-order valence-corrected chi connectivity index (χ4v) is 1.83. The first-order chi connectivity index (χ1) is 9.43. The Kier molecular flexibility index (Phi) is 6.70. The van der Waals surface area contributed by atoms with E-state index in [2.05, 4.69) is 0 Å². The number of carbonyl (C=O) groups excluding carboxylic acids is 1. The number of rotatable bonds is 8. The zero-order valence-electron chi connectivity index (χ0n) is 12.8. The molecule has 0 spiro atoms.